The molecule has 0 radical (unpaired) electrons. The lowest BCUT2D eigenvalue weighted by Gasteiger charge is -2.37. The highest BCUT2D eigenvalue weighted by atomic mass is 32.1. The Morgan fingerprint density at radius 1 is 1.12 bits per heavy atom. The maximum Gasteiger partial charge on any atom is 0.287 e. The summed E-state index contributed by atoms with van der Waals surface area (Å²) in [6.45, 7) is -0.364. The molecule has 4 heterocycles. The third-order valence-electron chi connectivity index (χ3n) is 5.41. The van der Waals surface area contributed by atoms with E-state index >= 15 is 0 Å². The number of carbonyl (C=O) groups is 1. The zero-order valence-electron chi connectivity index (χ0n) is 16.8. The fraction of sp³-hybridized carbons (Fsp3) is 0.217. The van der Waals surface area contributed by atoms with Gasteiger partial charge in [-0.25, -0.2) is 18.7 Å². The third-order valence-corrected chi connectivity index (χ3v) is 6.00. The molecule has 1 aliphatic rings. The second-order valence-corrected chi connectivity index (χ2v) is 8.20. The standard InChI is InChI=1S/C23H18F2N4O2S/c24-23(25)9-11-29(22(30)21-16(5-3-10-26-21)18-13-32-14-27-18)12-19(23)31-20-8-7-15-4-1-2-6-17(15)28-20/h1-8,10,13-14,19H,9,11-12H2. The van der Waals surface area contributed by atoms with E-state index in [-0.39, 0.29) is 24.7 Å². The van der Waals surface area contributed by atoms with Crippen molar-refractivity contribution in [1.29, 1.82) is 0 Å². The first-order chi connectivity index (χ1) is 15.5. The SMILES string of the molecule is O=C(c1ncccc1-c1cscn1)N1CCC(F)(F)C(Oc2ccc3ccccc3n2)C1. The minimum Gasteiger partial charge on any atom is -0.466 e. The number of pyridine rings is 2. The van der Waals surface area contributed by atoms with E-state index in [1.165, 1.54) is 22.4 Å². The summed E-state index contributed by atoms with van der Waals surface area (Å²) in [7, 11) is 0. The fourth-order valence-electron chi connectivity index (χ4n) is 3.71. The van der Waals surface area contributed by atoms with Crippen molar-refractivity contribution in [3.63, 3.8) is 0 Å². The summed E-state index contributed by atoms with van der Waals surface area (Å²) in [6.07, 6.45) is -0.509. The van der Waals surface area contributed by atoms with Gasteiger partial charge in [0, 0.05) is 41.6 Å². The van der Waals surface area contributed by atoms with Crippen molar-refractivity contribution in [2.75, 3.05) is 13.1 Å². The van der Waals surface area contributed by atoms with Crippen molar-refractivity contribution in [1.82, 2.24) is 19.9 Å². The van der Waals surface area contributed by atoms with Gasteiger partial charge in [-0.2, -0.15) is 0 Å². The molecule has 1 unspecified atom stereocenters. The number of carbonyl (C=O) groups excluding carboxylic acids is 1. The third kappa shape index (κ3) is 3.91. The molecule has 1 atom stereocenters. The lowest BCUT2D eigenvalue weighted by Crippen LogP contribution is -2.55. The van der Waals surface area contributed by atoms with Crippen LogP contribution in [0.5, 0.6) is 5.88 Å². The zero-order chi connectivity index (χ0) is 22.1. The van der Waals surface area contributed by atoms with E-state index in [4.69, 9.17) is 4.74 Å². The van der Waals surface area contributed by atoms with Crippen LogP contribution in [0.2, 0.25) is 0 Å². The highest BCUT2D eigenvalue weighted by Gasteiger charge is 2.47. The molecule has 0 saturated carbocycles. The molecule has 0 aliphatic carbocycles. The van der Waals surface area contributed by atoms with E-state index < -0.39 is 24.4 Å². The number of benzene rings is 1. The van der Waals surface area contributed by atoms with Crippen molar-refractivity contribution in [3.8, 4) is 17.1 Å². The van der Waals surface area contributed by atoms with Gasteiger partial charge >= 0.3 is 0 Å². The Bertz CT molecular complexity index is 1270. The van der Waals surface area contributed by atoms with Gasteiger partial charge in [0.05, 0.1) is 23.3 Å². The largest absolute Gasteiger partial charge is 0.466 e. The summed E-state index contributed by atoms with van der Waals surface area (Å²) in [5.74, 6) is -3.42. The molecule has 6 nitrogen and oxygen atoms in total. The smallest absolute Gasteiger partial charge is 0.287 e. The predicted molar refractivity (Wildman–Crippen MR) is 117 cm³/mol. The van der Waals surface area contributed by atoms with E-state index in [9.17, 15) is 13.6 Å². The van der Waals surface area contributed by atoms with Crippen molar-refractivity contribution in [2.45, 2.75) is 18.4 Å². The minimum absolute atomic E-state index is 0.0933. The minimum atomic E-state index is -3.09. The van der Waals surface area contributed by atoms with Crippen LogP contribution in [0, 0.1) is 0 Å². The van der Waals surface area contributed by atoms with Gasteiger partial charge in [0.2, 0.25) is 5.88 Å². The van der Waals surface area contributed by atoms with Crippen LogP contribution in [-0.2, 0) is 0 Å². The van der Waals surface area contributed by atoms with E-state index in [1.54, 1.807) is 35.8 Å². The molecule has 9 heteroatoms. The summed E-state index contributed by atoms with van der Waals surface area (Å²) in [5, 5.41) is 2.70. The summed E-state index contributed by atoms with van der Waals surface area (Å²) in [6, 6.07) is 14.2. The lowest BCUT2D eigenvalue weighted by molar-refractivity contribution is -0.131. The second kappa shape index (κ2) is 8.23. The number of hydrogen-bond donors (Lipinski definition) is 0. The predicted octanol–water partition coefficient (Wildman–Crippen LogP) is 4.68. The first-order valence-corrected chi connectivity index (χ1v) is 11.0. The highest BCUT2D eigenvalue weighted by molar-refractivity contribution is 7.07. The van der Waals surface area contributed by atoms with Crippen LogP contribution in [0.1, 0.15) is 16.9 Å². The molecular weight excluding hydrogens is 434 g/mol. The van der Waals surface area contributed by atoms with Gasteiger partial charge in [0.15, 0.2) is 6.10 Å². The molecule has 5 rings (SSSR count). The Morgan fingerprint density at radius 3 is 2.84 bits per heavy atom. The first-order valence-electron chi connectivity index (χ1n) is 10.0. The van der Waals surface area contributed by atoms with Crippen LogP contribution in [0.4, 0.5) is 8.78 Å². The Kier molecular flexibility index (Phi) is 5.26. The Morgan fingerprint density at radius 2 is 2.00 bits per heavy atom. The van der Waals surface area contributed by atoms with Crippen molar-refractivity contribution >= 4 is 28.1 Å². The van der Waals surface area contributed by atoms with Crippen LogP contribution in [0.3, 0.4) is 0 Å². The van der Waals surface area contributed by atoms with Gasteiger partial charge < -0.3 is 9.64 Å². The summed E-state index contributed by atoms with van der Waals surface area (Å²) >= 11 is 1.40. The lowest BCUT2D eigenvalue weighted by atomic mass is 10.0. The number of ether oxygens (including phenoxy) is 1. The van der Waals surface area contributed by atoms with Crippen LogP contribution in [-0.4, -0.2) is 50.9 Å². The average Bonchev–Trinajstić information content (AvgIpc) is 3.35. The Balaban J connectivity index is 1.39. The molecule has 0 N–H and O–H groups in total. The van der Waals surface area contributed by atoms with Crippen molar-refractivity contribution < 1.29 is 18.3 Å². The zero-order valence-corrected chi connectivity index (χ0v) is 17.6. The van der Waals surface area contributed by atoms with Gasteiger partial charge in [-0.05, 0) is 24.3 Å². The number of aromatic nitrogens is 3. The van der Waals surface area contributed by atoms with Crippen molar-refractivity contribution in [2.24, 2.45) is 0 Å². The number of thiazole rings is 1. The molecule has 32 heavy (non-hydrogen) atoms. The second-order valence-electron chi connectivity index (χ2n) is 7.48. The number of likely N-dealkylation sites (tertiary alicyclic amines) is 1. The Hall–Kier alpha value is -3.46. The fourth-order valence-corrected chi connectivity index (χ4v) is 4.27. The molecule has 0 bridgehead atoms. The number of fused-ring (bicyclic) bond motifs is 1. The van der Waals surface area contributed by atoms with Gasteiger partial charge in [-0.3, -0.25) is 9.78 Å². The van der Waals surface area contributed by atoms with E-state index in [2.05, 4.69) is 15.0 Å². The van der Waals surface area contributed by atoms with E-state index in [0.29, 0.717) is 16.8 Å². The number of halogens is 2. The molecule has 162 valence electrons. The van der Waals surface area contributed by atoms with E-state index in [0.717, 1.165) is 5.39 Å². The van der Waals surface area contributed by atoms with Gasteiger partial charge in [0.1, 0.15) is 5.69 Å². The average molecular weight is 452 g/mol. The molecule has 1 fully saturated rings. The molecule has 1 aromatic carbocycles. The summed E-state index contributed by atoms with van der Waals surface area (Å²) in [4.78, 5) is 27.4. The molecule has 1 saturated heterocycles. The molecule has 4 aromatic rings. The number of nitrogens with zero attached hydrogens (tertiary/aromatic N) is 4. The summed E-state index contributed by atoms with van der Waals surface area (Å²) in [5.41, 5.74) is 3.70. The van der Waals surface area contributed by atoms with Gasteiger partial charge in [-0.1, -0.05) is 18.2 Å². The molecule has 1 amide bonds. The van der Waals surface area contributed by atoms with Gasteiger partial charge in [-0.15, -0.1) is 11.3 Å². The van der Waals surface area contributed by atoms with E-state index in [1.807, 2.05) is 23.6 Å². The highest BCUT2D eigenvalue weighted by Crippen LogP contribution is 2.33. The molecule has 0 spiro atoms. The number of piperidine rings is 1. The van der Waals surface area contributed by atoms with Crippen LogP contribution < -0.4 is 4.74 Å². The molecular formula is C23H18F2N4O2S. The number of amides is 1. The van der Waals surface area contributed by atoms with Crippen LogP contribution in [0.15, 0.2) is 65.6 Å². The number of alkyl halides is 2. The Labute approximate surface area is 186 Å². The number of para-hydroxylation sites is 1. The molecule has 1 aliphatic heterocycles. The van der Waals surface area contributed by atoms with Gasteiger partial charge in [0.25, 0.3) is 11.8 Å². The van der Waals surface area contributed by atoms with Crippen LogP contribution in [0.25, 0.3) is 22.2 Å². The summed E-state index contributed by atoms with van der Waals surface area (Å²) < 4.78 is 35.0. The van der Waals surface area contributed by atoms with Crippen LogP contribution >= 0.6 is 11.3 Å². The quantitative estimate of drug-likeness (QED) is 0.450. The monoisotopic (exact) mass is 452 g/mol. The maximum atomic E-state index is 14.7. The number of hydrogen-bond acceptors (Lipinski definition) is 6. The first kappa shape index (κ1) is 20.4. The normalized spacial score (nSPS) is 17.9. The number of rotatable bonds is 4. The topological polar surface area (TPSA) is 68.2 Å². The molecule has 3 aromatic heterocycles. The van der Waals surface area contributed by atoms with Crippen molar-refractivity contribution in [3.05, 3.63) is 71.3 Å². The maximum absolute atomic E-state index is 14.7.